The van der Waals surface area contributed by atoms with Gasteiger partial charge in [0.1, 0.15) is 11.2 Å². The quantitative estimate of drug-likeness (QED) is 0.213. The number of aryl methyl sites for hydroxylation is 1. The van der Waals surface area contributed by atoms with Crippen molar-refractivity contribution in [3.63, 3.8) is 0 Å². The van der Waals surface area contributed by atoms with Crippen molar-refractivity contribution in [3.05, 3.63) is 81.9 Å². The molecular formula is C37H46N6O5S. The molecule has 1 aliphatic rings. The van der Waals surface area contributed by atoms with Gasteiger partial charge in [-0.05, 0) is 102 Å². The fourth-order valence-corrected chi connectivity index (χ4v) is 6.70. The monoisotopic (exact) mass is 686 g/mol. The first kappa shape index (κ1) is 35.7. The van der Waals surface area contributed by atoms with Crippen LogP contribution in [0.25, 0.3) is 10.8 Å². The summed E-state index contributed by atoms with van der Waals surface area (Å²) in [6.45, 7) is 17.4. The zero-order valence-corrected chi connectivity index (χ0v) is 30.2. The third-order valence-electron chi connectivity index (χ3n) is 7.85. The van der Waals surface area contributed by atoms with Gasteiger partial charge in [0.25, 0.3) is 5.91 Å². The summed E-state index contributed by atoms with van der Waals surface area (Å²) in [4.78, 5) is 55.8. The molecule has 0 saturated carbocycles. The van der Waals surface area contributed by atoms with Crippen LogP contribution >= 0.6 is 11.3 Å². The van der Waals surface area contributed by atoms with Gasteiger partial charge in [-0.25, -0.2) is 14.6 Å². The second-order valence-electron chi connectivity index (χ2n) is 14.2. The number of ether oxygens (including phenoxy) is 2. The Balaban J connectivity index is 1.25. The largest absolute Gasteiger partial charge is 0.443 e. The summed E-state index contributed by atoms with van der Waals surface area (Å²) in [6, 6.07) is 13.4. The number of hydrogen-bond acceptors (Lipinski definition) is 10. The van der Waals surface area contributed by atoms with Crippen molar-refractivity contribution in [2.45, 2.75) is 79.2 Å². The molecule has 1 aromatic carbocycles. The van der Waals surface area contributed by atoms with Crippen LogP contribution in [0.4, 0.5) is 21.1 Å². The zero-order chi connectivity index (χ0) is 35.3. The Kier molecular flexibility index (Phi) is 10.9. The van der Waals surface area contributed by atoms with Crippen LogP contribution in [-0.4, -0.2) is 70.3 Å². The van der Waals surface area contributed by atoms with E-state index in [4.69, 9.17) is 9.47 Å². The van der Waals surface area contributed by atoms with Crippen LogP contribution in [0.1, 0.15) is 73.6 Å². The van der Waals surface area contributed by atoms with Crippen molar-refractivity contribution in [3.8, 4) is 0 Å². The van der Waals surface area contributed by atoms with Gasteiger partial charge < -0.3 is 19.7 Å². The number of pyridine rings is 2. The molecule has 3 aromatic heterocycles. The van der Waals surface area contributed by atoms with Crippen LogP contribution in [-0.2, 0) is 22.6 Å². The molecule has 0 atom stereocenters. The number of amides is 3. The SMILES string of the molecule is Cc1cc(C(=O)NCc2ccc3c(N(C(=O)OC(C)(C)C)C(=O)OC(C)(C)C)nccc3c2)sc1CN1CCCN(c2ccncc2)CC1. The maximum absolute atomic E-state index is 13.3. The predicted molar refractivity (Wildman–Crippen MR) is 193 cm³/mol. The van der Waals surface area contributed by atoms with E-state index in [2.05, 4.69) is 44.1 Å². The van der Waals surface area contributed by atoms with Crippen LogP contribution in [0.15, 0.2) is 61.1 Å². The van der Waals surface area contributed by atoms with Crippen LogP contribution in [0.2, 0.25) is 0 Å². The van der Waals surface area contributed by atoms with Crippen molar-refractivity contribution >= 4 is 51.7 Å². The molecule has 1 fully saturated rings. The summed E-state index contributed by atoms with van der Waals surface area (Å²) in [5, 5.41) is 4.35. The van der Waals surface area contributed by atoms with Gasteiger partial charge >= 0.3 is 12.2 Å². The third kappa shape index (κ3) is 9.54. The molecule has 0 bridgehead atoms. The number of thiophene rings is 1. The van der Waals surface area contributed by atoms with Crippen molar-refractivity contribution in [1.29, 1.82) is 0 Å². The van der Waals surface area contributed by atoms with Crippen molar-refractivity contribution in [2.75, 3.05) is 36.0 Å². The molecule has 0 unspecified atom stereocenters. The summed E-state index contributed by atoms with van der Waals surface area (Å²) >= 11 is 1.54. The first-order chi connectivity index (χ1) is 23.2. The van der Waals surface area contributed by atoms with Gasteiger partial charge in [-0.15, -0.1) is 11.3 Å². The fraction of sp³-hybridized carbons (Fsp3) is 0.432. The second-order valence-corrected chi connectivity index (χ2v) is 15.3. The average Bonchev–Trinajstić information content (AvgIpc) is 3.23. The van der Waals surface area contributed by atoms with E-state index in [1.807, 2.05) is 30.6 Å². The average molecular weight is 687 g/mol. The summed E-state index contributed by atoms with van der Waals surface area (Å²) < 4.78 is 11.1. The minimum atomic E-state index is -0.883. The van der Waals surface area contributed by atoms with Crippen LogP contribution in [0.3, 0.4) is 0 Å². The van der Waals surface area contributed by atoms with Crippen LogP contribution in [0.5, 0.6) is 0 Å². The van der Waals surface area contributed by atoms with Gasteiger partial charge in [-0.1, -0.05) is 12.1 Å². The number of benzene rings is 1. The van der Waals surface area contributed by atoms with Gasteiger partial charge in [0, 0.05) is 73.8 Å². The molecule has 0 radical (unpaired) electrons. The lowest BCUT2D eigenvalue weighted by atomic mass is 10.1. The van der Waals surface area contributed by atoms with Gasteiger partial charge in [0.15, 0.2) is 5.82 Å². The molecule has 4 aromatic rings. The fourth-order valence-electron chi connectivity index (χ4n) is 5.57. The van der Waals surface area contributed by atoms with E-state index in [-0.39, 0.29) is 11.7 Å². The van der Waals surface area contributed by atoms with Gasteiger partial charge in [0.2, 0.25) is 0 Å². The maximum Gasteiger partial charge on any atom is 0.425 e. The molecule has 260 valence electrons. The van der Waals surface area contributed by atoms with Gasteiger partial charge in [0.05, 0.1) is 4.88 Å². The van der Waals surface area contributed by atoms with E-state index >= 15 is 0 Å². The highest BCUT2D eigenvalue weighted by Crippen LogP contribution is 2.29. The smallest absolute Gasteiger partial charge is 0.425 e. The lowest BCUT2D eigenvalue weighted by molar-refractivity contribution is 0.0429. The molecule has 11 nitrogen and oxygen atoms in total. The highest BCUT2D eigenvalue weighted by atomic mass is 32.1. The number of nitrogens with zero attached hydrogens (tertiary/aromatic N) is 5. The zero-order valence-electron chi connectivity index (χ0n) is 29.4. The molecule has 1 N–H and O–H groups in total. The number of aromatic nitrogens is 2. The molecule has 4 heterocycles. The molecule has 1 aliphatic heterocycles. The van der Waals surface area contributed by atoms with Crippen molar-refractivity contribution in [1.82, 2.24) is 20.2 Å². The molecule has 0 aliphatic carbocycles. The first-order valence-corrected chi connectivity index (χ1v) is 17.4. The number of carbonyl (C=O) groups excluding carboxylic acids is 3. The number of carbonyl (C=O) groups is 3. The lowest BCUT2D eigenvalue weighted by Gasteiger charge is -2.28. The number of imide groups is 1. The Hall–Kier alpha value is -4.55. The molecule has 12 heteroatoms. The van der Waals surface area contributed by atoms with E-state index in [0.29, 0.717) is 16.8 Å². The minimum absolute atomic E-state index is 0.104. The van der Waals surface area contributed by atoms with Gasteiger partial charge in [-0.3, -0.25) is 14.7 Å². The summed E-state index contributed by atoms with van der Waals surface area (Å²) in [7, 11) is 0. The van der Waals surface area contributed by atoms with Crippen LogP contribution < -0.4 is 15.1 Å². The molecular weight excluding hydrogens is 641 g/mol. The summed E-state index contributed by atoms with van der Waals surface area (Å²) in [5.41, 5.74) is 1.50. The molecule has 3 amide bonds. The molecule has 5 rings (SSSR count). The highest BCUT2D eigenvalue weighted by Gasteiger charge is 2.34. The predicted octanol–water partition coefficient (Wildman–Crippen LogP) is 7.32. The third-order valence-corrected chi connectivity index (χ3v) is 9.07. The molecule has 49 heavy (non-hydrogen) atoms. The number of rotatable bonds is 7. The first-order valence-electron chi connectivity index (χ1n) is 16.6. The van der Waals surface area contributed by atoms with E-state index in [1.54, 1.807) is 65.0 Å². The Morgan fingerprint density at radius 3 is 2.24 bits per heavy atom. The Bertz CT molecular complexity index is 1770. The molecule has 1 saturated heterocycles. The second kappa shape index (κ2) is 14.9. The number of nitrogens with one attached hydrogen (secondary N) is 1. The van der Waals surface area contributed by atoms with Crippen molar-refractivity contribution in [2.24, 2.45) is 0 Å². The Morgan fingerprint density at radius 2 is 1.57 bits per heavy atom. The number of hydrogen-bond donors (Lipinski definition) is 1. The minimum Gasteiger partial charge on any atom is -0.443 e. The number of fused-ring (bicyclic) bond motifs is 1. The molecule has 0 spiro atoms. The van der Waals surface area contributed by atoms with Crippen LogP contribution in [0, 0.1) is 6.92 Å². The van der Waals surface area contributed by atoms with Gasteiger partial charge in [-0.2, -0.15) is 4.90 Å². The van der Waals surface area contributed by atoms with Crippen molar-refractivity contribution < 1.29 is 23.9 Å². The standard InChI is InChI=1S/C37H46N6O5S/c1-25-21-30(49-31(25)24-41-17-8-18-42(20-19-41)28-12-14-38-15-13-28)33(44)40-23-26-9-10-29-27(22-26)11-16-39-32(29)43(34(45)47-36(2,3)4)35(46)48-37(5,6)7/h9-16,21-22H,8,17-20,23-24H2,1-7H3,(H,40,44). The van der Waals surface area contributed by atoms with E-state index < -0.39 is 23.4 Å². The van der Waals surface area contributed by atoms with E-state index in [9.17, 15) is 14.4 Å². The lowest BCUT2D eigenvalue weighted by Crippen LogP contribution is -2.44. The Labute approximate surface area is 292 Å². The van der Waals surface area contributed by atoms with E-state index in [0.717, 1.165) is 60.6 Å². The summed E-state index contributed by atoms with van der Waals surface area (Å²) in [6.07, 6.45) is 4.51. The summed E-state index contributed by atoms with van der Waals surface area (Å²) in [5.74, 6) is -0.0247. The maximum atomic E-state index is 13.3. The Morgan fingerprint density at radius 1 is 0.878 bits per heavy atom. The number of anilines is 2. The highest BCUT2D eigenvalue weighted by molar-refractivity contribution is 7.14. The topological polar surface area (TPSA) is 117 Å². The van der Waals surface area contributed by atoms with E-state index in [1.165, 1.54) is 16.8 Å². The normalized spacial score (nSPS) is 14.3.